The number of carbonyl (C=O) groups excluding carboxylic acids is 4. The van der Waals surface area contributed by atoms with Gasteiger partial charge < -0.3 is 20.3 Å². The molecular formula is C19H31N7O5. The van der Waals surface area contributed by atoms with Gasteiger partial charge in [-0.2, -0.15) is 0 Å². The van der Waals surface area contributed by atoms with Gasteiger partial charge in [-0.05, 0) is 35.1 Å². The van der Waals surface area contributed by atoms with Crippen molar-refractivity contribution in [1.29, 1.82) is 0 Å². The van der Waals surface area contributed by atoms with E-state index < -0.39 is 30.1 Å². The Labute approximate surface area is 181 Å². The molecule has 3 atom stereocenters. The molecule has 0 bridgehead atoms. The summed E-state index contributed by atoms with van der Waals surface area (Å²) in [4.78, 5) is 52.0. The molecule has 0 aromatic carbocycles. The van der Waals surface area contributed by atoms with E-state index in [-0.39, 0.29) is 30.1 Å². The Morgan fingerprint density at radius 2 is 1.77 bits per heavy atom. The minimum Gasteiger partial charge on any atom is -0.453 e. The number of methoxy groups -OCH3 is 1. The Bertz CT molecular complexity index is 781. The number of ketones is 1. The molecule has 12 nitrogen and oxygen atoms in total. The summed E-state index contributed by atoms with van der Waals surface area (Å²) in [7, 11) is 1.22. The Kier molecular flexibility index (Phi) is 8.46. The molecule has 2 heterocycles. The number of tetrazole rings is 1. The Hall–Kier alpha value is -3.05. The van der Waals surface area contributed by atoms with Crippen LogP contribution < -0.4 is 10.6 Å². The number of alkyl carbamates (subject to hydrolysis) is 1. The summed E-state index contributed by atoms with van der Waals surface area (Å²) in [6.45, 7) is 7.59. The zero-order valence-corrected chi connectivity index (χ0v) is 18.6. The quantitative estimate of drug-likeness (QED) is 0.537. The van der Waals surface area contributed by atoms with E-state index >= 15 is 0 Å². The second-order valence-electron chi connectivity index (χ2n) is 8.25. The Morgan fingerprint density at radius 3 is 2.32 bits per heavy atom. The Morgan fingerprint density at radius 1 is 1.10 bits per heavy atom. The predicted molar refractivity (Wildman–Crippen MR) is 108 cm³/mol. The SMILES string of the molecule is COC(=O)N[C@H](C(=O)N1CCC[C@H]1C(=O)N[C@H](C(=O)Cn1cnnn1)C(C)C)C(C)C. The van der Waals surface area contributed by atoms with Crippen LogP contribution in [0.5, 0.6) is 0 Å². The number of amides is 3. The largest absolute Gasteiger partial charge is 0.453 e. The first-order chi connectivity index (χ1) is 14.6. The van der Waals surface area contributed by atoms with Crippen molar-refractivity contribution in [3.63, 3.8) is 0 Å². The zero-order valence-electron chi connectivity index (χ0n) is 18.6. The van der Waals surface area contributed by atoms with E-state index in [9.17, 15) is 19.2 Å². The topological polar surface area (TPSA) is 148 Å². The van der Waals surface area contributed by atoms with Crippen LogP contribution in [0.15, 0.2) is 6.33 Å². The highest BCUT2D eigenvalue weighted by Crippen LogP contribution is 2.21. The number of hydrogen-bond donors (Lipinski definition) is 2. The highest BCUT2D eigenvalue weighted by molar-refractivity contribution is 5.94. The minimum atomic E-state index is -0.816. The van der Waals surface area contributed by atoms with Gasteiger partial charge in [-0.25, -0.2) is 9.48 Å². The summed E-state index contributed by atoms with van der Waals surface area (Å²) < 4.78 is 5.91. The number of nitrogens with one attached hydrogen (secondary N) is 2. The standard InChI is InChI=1S/C19H31N7O5/c1-11(2)15(14(27)9-25-10-20-23-24-25)21-17(28)13-7-6-8-26(13)18(29)16(12(3)4)22-19(30)31-5/h10-13,15-16H,6-9H2,1-5H3,(H,21,28)(H,22,30)/t13-,15-,16-/m0/s1. The maximum atomic E-state index is 13.1. The third-order valence-electron chi connectivity index (χ3n) is 5.25. The van der Waals surface area contributed by atoms with Gasteiger partial charge in [0.2, 0.25) is 11.8 Å². The molecule has 0 spiro atoms. The molecular weight excluding hydrogens is 406 g/mol. The van der Waals surface area contributed by atoms with Crippen molar-refractivity contribution in [2.24, 2.45) is 11.8 Å². The molecule has 0 radical (unpaired) electrons. The summed E-state index contributed by atoms with van der Waals surface area (Å²) in [5, 5.41) is 16.0. The molecule has 2 rings (SSSR count). The molecule has 1 aromatic heterocycles. The summed E-state index contributed by atoms with van der Waals surface area (Å²) in [5.41, 5.74) is 0. The monoisotopic (exact) mass is 437 g/mol. The van der Waals surface area contributed by atoms with Crippen molar-refractivity contribution in [2.45, 2.75) is 65.2 Å². The lowest BCUT2D eigenvalue weighted by Gasteiger charge is -2.31. The summed E-state index contributed by atoms with van der Waals surface area (Å²) >= 11 is 0. The first-order valence-corrected chi connectivity index (χ1v) is 10.3. The van der Waals surface area contributed by atoms with Gasteiger partial charge in [0.1, 0.15) is 25.0 Å². The normalized spacial score (nSPS) is 18.0. The van der Waals surface area contributed by atoms with Gasteiger partial charge in [0, 0.05) is 6.54 Å². The number of rotatable bonds is 9. The zero-order chi connectivity index (χ0) is 23.1. The minimum absolute atomic E-state index is 0.0675. The van der Waals surface area contributed by atoms with Crippen LogP contribution in [0.3, 0.4) is 0 Å². The molecule has 2 N–H and O–H groups in total. The van der Waals surface area contributed by atoms with Gasteiger partial charge in [0.05, 0.1) is 13.2 Å². The fourth-order valence-corrected chi connectivity index (χ4v) is 3.56. The van der Waals surface area contributed by atoms with E-state index in [1.807, 2.05) is 13.8 Å². The van der Waals surface area contributed by atoms with Gasteiger partial charge in [-0.1, -0.05) is 27.7 Å². The van der Waals surface area contributed by atoms with E-state index in [1.165, 1.54) is 23.0 Å². The molecule has 1 aliphatic heterocycles. The molecule has 1 fully saturated rings. The molecule has 31 heavy (non-hydrogen) atoms. The molecule has 0 saturated carbocycles. The summed E-state index contributed by atoms with van der Waals surface area (Å²) in [6, 6.07) is -2.28. The van der Waals surface area contributed by atoms with Crippen molar-refractivity contribution in [3.8, 4) is 0 Å². The van der Waals surface area contributed by atoms with Crippen LogP contribution in [-0.4, -0.2) is 80.6 Å². The molecule has 172 valence electrons. The number of carbonyl (C=O) groups is 4. The maximum Gasteiger partial charge on any atom is 0.407 e. The van der Waals surface area contributed by atoms with Gasteiger partial charge in [-0.15, -0.1) is 5.10 Å². The second kappa shape index (κ2) is 10.8. The lowest BCUT2D eigenvalue weighted by Crippen LogP contribution is -2.57. The average Bonchev–Trinajstić information content (AvgIpc) is 3.40. The number of aromatic nitrogens is 4. The molecule has 1 aromatic rings. The highest BCUT2D eigenvalue weighted by Gasteiger charge is 2.40. The molecule has 12 heteroatoms. The van der Waals surface area contributed by atoms with Crippen LogP contribution in [0, 0.1) is 11.8 Å². The van der Waals surface area contributed by atoms with Crippen LogP contribution in [0.2, 0.25) is 0 Å². The van der Waals surface area contributed by atoms with E-state index in [0.717, 1.165) is 0 Å². The van der Waals surface area contributed by atoms with Crippen molar-refractivity contribution >= 4 is 23.7 Å². The first kappa shape index (κ1) is 24.2. The number of nitrogens with zero attached hydrogens (tertiary/aromatic N) is 5. The summed E-state index contributed by atoms with van der Waals surface area (Å²) in [5.74, 6) is -1.34. The van der Waals surface area contributed by atoms with Gasteiger partial charge in [0.25, 0.3) is 0 Å². The molecule has 3 amide bonds. The van der Waals surface area contributed by atoms with Crippen molar-refractivity contribution in [2.75, 3.05) is 13.7 Å². The number of likely N-dealkylation sites (tertiary alicyclic amines) is 1. The predicted octanol–water partition coefficient (Wildman–Crippen LogP) is -0.245. The van der Waals surface area contributed by atoms with Crippen LogP contribution in [-0.2, 0) is 25.7 Å². The third-order valence-corrected chi connectivity index (χ3v) is 5.25. The highest BCUT2D eigenvalue weighted by atomic mass is 16.5. The van der Waals surface area contributed by atoms with Gasteiger partial charge in [0.15, 0.2) is 5.78 Å². The molecule has 1 saturated heterocycles. The Balaban J connectivity index is 2.10. The lowest BCUT2D eigenvalue weighted by molar-refractivity contribution is -0.141. The van der Waals surface area contributed by atoms with E-state index in [4.69, 9.17) is 0 Å². The fourth-order valence-electron chi connectivity index (χ4n) is 3.56. The van der Waals surface area contributed by atoms with Crippen molar-refractivity contribution in [3.05, 3.63) is 6.33 Å². The lowest BCUT2D eigenvalue weighted by atomic mass is 9.98. The van der Waals surface area contributed by atoms with Crippen LogP contribution >= 0.6 is 0 Å². The van der Waals surface area contributed by atoms with Gasteiger partial charge in [-0.3, -0.25) is 14.4 Å². The molecule has 0 unspecified atom stereocenters. The second-order valence-corrected chi connectivity index (χ2v) is 8.25. The van der Waals surface area contributed by atoms with E-state index in [1.54, 1.807) is 13.8 Å². The maximum absolute atomic E-state index is 13.1. The molecule has 0 aliphatic carbocycles. The fraction of sp³-hybridized carbons (Fsp3) is 0.737. The average molecular weight is 438 g/mol. The first-order valence-electron chi connectivity index (χ1n) is 10.3. The van der Waals surface area contributed by atoms with E-state index in [2.05, 4.69) is 30.9 Å². The van der Waals surface area contributed by atoms with Crippen molar-refractivity contribution in [1.82, 2.24) is 35.7 Å². The van der Waals surface area contributed by atoms with E-state index in [0.29, 0.717) is 19.4 Å². The van der Waals surface area contributed by atoms with Gasteiger partial charge >= 0.3 is 6.09 Å². The number of hydrogen-bond acceptors (Lipinski definition) is 8. The smallest absolute Gasteiger partial charge is 0.407 e. The summed E-state index contributed by atoms with van der Waals surface area (Å²) in [6.07, 6.45) is 1.75. The number of Topliss-reactive ketones (excluding diaryl/α,β-unsaturated/α-hetero) is 1. The van der Waals surface area contributed by atoms with Crippen LogP contribution in [0.1, 0.15) is 40.5 Å². The van der Waals surface area contributed by atoms with Crippen LogP contribution in [0.25, 0.3) is 0 Å². The third kappa shape index (κ3) is 6.22. The number of ether oxygens (including phenoxy) is 1. The van der Waals surface area contributed by atoms with Crippen molar-refractivity contribution < 1.29 is 23.9 Å². The van der Waals surface area contributed by atoms with Crippen LogP contribution in [0.4, 0.5) is 4.79 Å². The molecule has 1 aliphatic rings.